The molecule has 0 aliphatic rings. The lowest BCUT2D eigenvalue weighted by Gasteiger charge is -2.11. The van der Waals surface area contributed by atoms with E-state index >= 15 is 0 Å². The molecule has 0 bridgehead atoms. The molecule has 0 aliphatic heterocycles. The first-order valence-corrected chi connectivity index (χ1v) is 7.25. The summed E-state index contributed by atoms with van der Waals surface area (Å²) in [5.41, 5.74) is 1.27. The van der Waals surface area contributed by atoms with Gasteiger partial charge < -0.3 is 14.8 Å². The van der Waals surface area contributed by atoms with Crippen molar-refractivity contribution in [2.24, 2.45) is 0 Å². The Hall–Kier alpha value is -2.55. The first-order valence-electron chi connectivity index (χ1n) is 6.87. The average molecular weight is 331 g/mol. The van der Waals surface area contributed by atoms with Gasteiger partial charge in [-0.15, -0.1) is 0 Å². The van der Waals surface area contributed by atoms with E-state index in [-0.39, 0.29) is 10.9 Å². The number of amides is 1. The lowest BCUT2D eigenvalue weighted by atomic mass is 10.1. The van der Waals surface area contributed by atoms with Gasteiger partial charge in [0, 0.05) is 12.8 Å². The Balaban J connectivity index is 2.14. The highest BCUT2D eigenvalue weighted by atomic mass is 35.5. The number of hydrogen-bond acceptors (Lipinski definition) is 4. The molecule has 118 valence electrons. The number of nitrogens with one attached hydrogen (secondary N) is 1. The molecule has 1 N–H and O–H groups in total. The van der Waals surface area contributed by atoms with E-state index in [0.717, 1.165) is 0 Å². The van der Waals surface area contributed by atoms with E-state index in [9.17, 15) is 4.79 Å². The second kappa shape index (κ2) is 8.18. The molecule has 0 saturated carbocycles. The number of benzene rings is 2. The predicted molar refractivity (Wildman–Crippen MR) is 87.9 cm³/mol. The van der Waals surface area contributed by atoms with E-state index in [4.69, 9.17) is 26.3 Å². The molecule has 23 heavy (non-hydrogen) atoms. The molecule has 2 rings (SSSR count). The van der Waals surface area contributed by atoms with Crippen LogP contribution in [0, 0.1) is 11.3 Å². The average Bonchev–Trinajstić information content (AvgIpc) is 2.55. The number of nitriles is 1. The number of nitrogens with zero attached hydrogens (tertiary/aromatic N) is 1. The molecule has 0 spiro atoms. The highest BCUT2D eigenvalue weighted by Crippen LogP contribution is 2.23. The van der Waals surface area contributed by atoms with Crippen molar-refractivity contribution < 1.29 is 14.3 Å². The van der Waals surface area contributed by atoms with E-state index in [1.807, 2.05) is 6.07 Å². The topological polar surface area (TPSA) is 71.3 Å². The summed E-state index contributed by atoms with van der Waals surface area (Å²) in [6.07, 6.45) is 0. The van der Waals surface area contributed by atoms with Crippen molar-refractivity contribution in [2.45, 2.75) is 0 Å². The van der Waals surface area contributed by atoms with Gasteiger partial charge in [0.15, 0.2) is 0 Å². The van der Waals surface area contributed by atoms with E-state index in [0.29, 0.717) is 35.8 Å². The SMILES string of the molecule is COCCOc1ccccc1C(=O)Nc1ccc(C#N)c(Cl)c1. The molecule has 0 fully saturated rings. The number of rotatable bonds is 6. The number of halogens is 1. The second-order valence-corrected chi connectivity index (χ2v) is 5.01. The van der Waals surface area contributed by atoms with Crippen molar-refractivity contribution in [3.05, 3.63) is 58.6 Å². The van der Waals surface area contributed by atoms with Gasteiger partial charge in [-0.3, -0.25) is 4.79 Å². The summed E-state index contributed by atoms with van der Waals surface area (Å²) in [6, 6.07) is 13.6. The molecule has 0 unspecified atom stereocenters. The smallest absolute Gasteiger partial charge is 0.259 e. The maximum absolute atomic E-state index is 12.4. The maximum atomic E-state index is 12.4. The number of methoxy groups -OCH3 is 1. The fraction of sp³-hybridized carbons (Fsp3) is 0.176. The van der Waals surface area contributed by atoms with Crippen molar-refractivity contribution >= 4 is 23.2 Å². The molecule has 0 saturated heterocycles. The molecule has 0 radical (unpaired) electrons. The molecule has 0 heterocycles. The van der Waals surface area contributed by atoms with Gasteiger partial charge in [0.05, 0.1) is 22.8 Å². The first kappa shape index (κ1) is 16.8. The van der Waals surface area contributed by atoms with Crippen LogP contribution in [-0.4, -0.2) is 26.2 Å². The monoisotopic (exact) mass is 330 g/mol. The number of carbonyl (C=O) groups is 1. The van der Waals surface area contributed by atoms with Crippen LogP contribution in [0.25, 0.3) is 0 Å². The molecule has 0 aliphatic carbocycles. The number of hydrogen-bond donors (Lipinski definition) is 1. The Labute approximate surface area is 139 Å². The van der Waals surface area contributed by atoms with Crippen LogP contribution in [-0.2, 0) is 4.74 Å². The van der Waals surface area contributed by atoms with Crippen LogP contribution in [0.4, 0.5) is 5.69 Å². The van der Waals surface area contributed by atoms with Crippen LogP contribution in [0.2, 0.25) is 5.02 Å². The number of para-hydroxylation sites is 1. The zero-order valence-corrected chi connectivity index (χ0v) is 13.3. The molecule has 5 nitrogen and oxygen atoms in total. The lowest BCUT2D eigenvalue weighted by Crippen LogP contribution is -2.14. The summed E-state index contributed by atoms with van der Waals surface area (Å²) in [5.74, 6) is 0.153. The van der Waals surface area contributed by atoms with Crippen molar-refractivity contribution in [1.29, 1.82) is 5.26 Å². The Bertz CT molecular complexity index is 741. The van der Waals surface area contributed by atoms with Gasteiger partial charge in [-0.2, -0.15) is 5.26 Å². The van der Waals surface area contributed by atoms with Gasteiger partial charge in [-0.25, -0.2) is 0 Å². The Kier molecular flexibility index (Phi) is 5.98. The van der Waals surface area contributed by atoms with Crippen LogP contribution in [0.5, 0.6) is 5.75 Å². The Morgan fingerprint density at radius 2 is 2.04 bits per heavy atom. The molecule has 1 amide bonds. The van der Waals surface area contributed by atoms with Gasteiger partial charge in [0.25, 0.3) is 5.91 Å². The third-order valence-corrected chi connectivity index (χ3v) is 3.34. The molecular weight excluding hydrogens is 316 g/mol. The highest BCUT2D eigenvalue weighted by molar-refractivity contribution is 6.32. The minimum atomic E-state index is -0.321. The van der Waals surface area contributed by atoms with Gasteiger partial charge in [-0.05, 0) is 30.3 Å². The van der Waals surface area contributed by atoms with Gasteiger partial charge in [-0.1, -0.05) is 23.7 Å². The number of anilines is 1. The third kappa shape index (κ3) is 4.46. The highest BCUT2D eigenvalue weighted by Gasteiger charge is 2.13. The summed E-state index contributed by atoms with van der Waals surface area (Å²) < 4.78 is 10.5. The van der Waals surface area contributed by atoms with Gasteiger partial charge >= 0.3 is 0 Å². The Morgan fingerprint density at radius 1 is 1.26 bits per heavy atom. The quantitative estimate of drug-likeness (QED) is 0.823. The standard InChI is InChI=1S/C17H15ClN2O3/c1-22-8-9-23-16-5-3-2-4-14(16)17(21)20-13-7-6-12(11-19)15(18)10-13/h2-7,10H,8-9H2,1H3,(H,20,21). The third-order valence-electron chi connectivity index (χ3n) is 3.02. The fourth-order valence-electron chi connectivity index (χ4n) is 1.90. The molecule has 2 aromatic rings. The minimum Gasteiger partial charge on any atom is -0.490 e. The summed E-state index contributed by atoms with van der Waals surface area (Å²) >= 11 is 5.96. The van der Waals surface area contributed by atoms with Crippen molar-refractivity contribution in [3.8, 4) is 11.8 Å². The zero-order chi connectivity index (χ0) is 16.7. The van der Waals surface area contributed by atoms with Crippen molar-refractivity contribution in [1.82, 2.24) is 0 Å². The van der Waals surface area contributed by atoms with Crippen LogP contribution in [0.3, 0.4) is 0 Å². The van der Waals surface area contributed by atoms with E-state index in [1.54, 1.807) is 43.5 Å². The van der Waals surface area contributed by atoms with E-state index < -0.39 is 0 Å². The summed E-state index contributed by atoms with van der Waals surface area (Å²) in [6.45, 7) is 0.782. The van der Waals surface area contributed by atoms with Crippen LogP contribution in [0.15, 0.2) is 42.5 Å². The van der Waals surface area contributed by atoms with Crippen molar-refractivity contribution in [3.63, 3.8) is 0 Å². The summed E-state index contributed by atoms with van der Waals surface area (Å²) in [4.78, 5) is 12.4. The minimum absolute atomic E-state index is 0.287. The number of ether oxygens (including phenoxy) is 2. The molecule has 0 aromatic heterocycles. The van der Waals surface area contributed by atoms with Crippen LogP contribution < -0.4 is 10.1 Å². The molecule has 6 heteroatoms. The van der Waals surface area contributed by atoms with Crippen LogP contribution >= 0.6 is 11.6 Å². The van der Waals surface area contributed by atoms with Crippen molar-refractivity contribution in [2.75, 3.05) is 25.6 Å². The van der Waals surface area contributed by atoms with Crippen LogP contribution in [0.1, 0.15) is 15.9 Å². The first-order chi connectivity index (χ1) is 11.2. The second-order valence-electron chi connectivity index (χ2n) is 4.60. The molecular formula is C17H15ClN2O3. The lowest BCUT2D eigenvalue weighted by molar-refractivity contribution is 0.101. The Morgan fingerprint density at radius 3 is 2.74 bits per heavy atom. The predicted octanol–water partition coefficient (Wildman–Crippen LogP) is 3.49. The number of carbonyl (C=O) groups excluding carboxylic acids is 1. The van der Waals surface area contributed by atoms with Gasteiger partial charge in [0.2, 0.25) is 0 Å². The zero-order valence-electron chi connectivity index (χ0n) is 12.5. The largest absolute Gasteiger partial charge is 0.490 e. The maximum Gasteiger partial charge on any atom is 0.259 e. The molecule has 0 atom stereocenters. The molecule has 2 aromatic carbocycles. The summed E-state index contributed by atoms with van der Waals surface area (Å²) in [5, 5.41) is 11.9. The fourth-order valence-corrected chi connectivity index (χ4v) is 2.12. The summed E-state index contributed by atoms with van der Waals surface area (Å²) in [7, 11) is 1.58. The van der Waals surface area contributed by atoms with E-state index in [2.05, 4.69) is 5.32 Å². The normalized spacial score (nSPS) is 9.96. The van der Waals surface area contributed by atoms with E-state index in [1.165, 1.54) is 6.07 Å². The van der Waals surface area contributed by atoms with Gasteiger partial charge in [0.1, 0.15) is 18.4 Å².